The van der Waals surface area contributed by atoms with E-state index in [1.165, 1.54) is 6.42 Å². The Morgan fingerprint density at radius 2 is 1.56 bits per heavy atom. The number of rotatable bonds is 1. The molecule has 0 aromatic rings. The second-order valence-electron chi connectivity index (χ2n) is 5.63. The van der Waals surface area contributed by atoms with Gasteiger partial charge in [-0.25, -0.2) is 0 Å². The lowest BCUT2D eigenvalue weighted by molar-refractivity contribution is -0.145. The lowest BCUT2D eigenvalue weighted by Crippen LogP contribution is -2.45. The number of amides is 2. The van der Waals surface area contributed by atoms with E-state index in [0.29, 0.717) is 11.8 Å². The van der Waals surface area contributed by atoms with E-state index in [-0.39, 0.29) is 29.7 Å². The van der Waals surface area contributed by atoms with Crippen molar-refractivity contribution in [1.82, 2.24) is 4.90 Å². The summed E-state index contributed by atoms with van der Waals surface area (Å²) in [5, 5.41) is 0. The fourth-order valence-electron chi connectivity index (χ4n) is 3.93. The van der Waals surface area contributed by atoms with Gasteiger partial charge in [0.1, 0.15) is 0 Å². The Balaban J connectivity index is 1.71. The zero-order chi connectivity index (χ0) is 10.9. The van der Waals surface area contributed by atoms with Crippen LogP contribution in [0.2, 0.25) is 0 Å². The number of hydrogen-bond acceptors (Lipinski definition) is 2. The van der Waals surface area contributed by atoms with Gasteiger partial charge in [0, 0.05) is 6.04 Å². The highest BCUT2D eigenvalue weighted by atomic mass is 16.2. The van der Waals surface area contributed by atoms with Crippen molar-refractivity contribution in [3.63, 3.8) is 0 Å². The molecule has 1 saturated heterocycles. The molecule has 0 N–H and O–H groups in total. The van der Waals surface area contributed by atoms with Gasteiger partial charge in [0.25, 0.3) is 0 Å². The Kier molecular flexibility index (Phi) is 1.55. The fourth-order valence-corrected chi connectivity index (χ4v) is 3.93. The predicted octanol–water partition coefficient (Wildman–Crippen LogP) is 1.35. The van der Waals surface area contributed by atoms with Gasteiger partial charge in [0.2, 0.25) is 11.8 Å². The second kappa shape index (κ2) is 2.76. The van der Waals surface area contributed by atoms with Gasteiger partial charge in [-0.1, -0.05) is 12.2 Å². The van der Waals surface area contributed by atoms with E-state index in [1.807, 2.05) is 0 Å². The SMILES string of the molecule is O=C1C2C3C=CC(C3)C2C(=O)N1C1CCC1. The Hall–Kier alpha value is -1.12. The average Bonchev–Trinajstić information content (AvgIpc) is 2.84. The highest BCUT2D eigenvalue weighted by Crippen LogP contribution is 2.53. The molecule has 3 heteroatoms. The largest absolute Gasteiger partial charge is 0.279 e. The van der Waals surface area contributed by atoms with Crippen LogP contribution in [0.15, 0.2) is 12.2 Å². The molecule has 1 heterocycles. The normalized spacial score (nSPS) is 45.4. The van der Waals surface area contributed by atoms with Crippen molar-refractivity contribution >= 4 is 11.8 Å². The van der Waals surface area contributed by atoms with Crippen molar-refractivity contribution in [2.75, 3.05) is 0 Å². The number of likely N-dealkylation sites (tertiary alicyclic amines) is 1. The first kappa shape index (κ1) is 8.97. The van der Waals surface area contributed by atoms with Gasteiger partial charge in [-0.2, -0.15) is 0 Å². The lowest BCUT2D eigenvalue weighted by atomic mass is 9.85. The number of allylic oxidation sites excluding steroid dienone is 2. The molecule has 2 saturated carbocycles. The van der Waals surface area contributed by atoms with Crippen LogP contribution in [0.1, 0.15) is 25.7 Å². The summed E-state index contributed by atoms with van der Waals surface area (Å²) in [4.78, 5) is 26.2. The molecule has 4 aliphatic rings. The topological polar surface area (TPSA) is 37.4 Å². The van der Waals surface area contributed by atoms with E-state index in [0.717, 1.165) is 19.3 Å². The summed E-state index contributed by atoms with van der Waals surface area (Å²) in [7, 11) is 0. The van der Waals surface area contributed by atoms with E-state index in [4.69, 9.17) is 0 Å². The van der Waals surface area contributed by atoms with E-state index in [2.05, 4.69) is 12.2 Å². The number of nitrogens with zero attached hydrogens (tertiary/aromatic N) is 1. The molecule has 3 nitrogen and oxygen atoms in total. The Morgan fingerprint density at radius 3 is 2.00 bits per heavy atom. The molecule has 2 amide bonds. The highest BCUT2D eigenvalue weighted by molar-refractivity contribution is 6.06. The smallest absolute Gasteiger partial charge is 0.233 e. The first-order chi connectivity index (χ1) is 7.77. The number of imide groups is 1. The molecular formula is C13H15NO2. The van der Waals surface area contributed by atoms with Crippen molar-refractivity contribution in [3.05, 3.63) is 12.2 Å². The minimum Gasteiger partial charge on any atom is -0.279 e. The van der Waals surface area contributed by atoms with Crippen LogP contribution < -0.4 is 0 Å². The molecule has 0 spiro atoms. The van der Waals surface area contributed by atoms with Gasteiger partial charge >= 0.3 is 0 Å². The Bertz CT molecular complexity index is 380. The van der Waals surface area contributed by atoms with Crippen molar-refractivity contribution in [3.8, 4) is 0 Å². The number of carbonyl (C=O) groups is 2. The van der Waals surface area contributed by atoms with Crippen molar-refractivity contribution in [1.29, 1.82) is 0 Å². The first-order valence-electron chi connectivity index (χ1n) is 6.32. The van der Waals surface area contributed by atoms with Crippen molar-refractivity contribution in [2.45, 2.75) is 31.7 Å². The molecule has 4 rings (SSSR count). The molecule has 4 atom stereocenters. The van der Waals surface area contributed by atoms with Gasteiger partial charge in [0.05, 0.1) is 11.8 Å². The highest BCUT2D eigenvalue weighted by Gasteiger charge is 2.60. The monoisotopic (exact) mass is 217 g/mol. The average molecular weight is 217 g/mol. The molecule has 1 aliphatic heterocycles. The van der Waals surface area contributed by atoms with Crippen LogP contribution in [-0.4, -0.2) is 22.8 Å². The van der Waals surface area contributed by atoms with Gasteiger partial charge in [0.15, 0.2) is 0 Å². The molecule has 2 bridgehead atoms. The van der Waals surface area contributed by atoms with Crippen molar-refractivity contribution < 1.29 is 9.59 Å². The molecule has 84 valence electrons. The summed E-state index contributed by atoms with van der Waals surface area (Å²) < 4.78 is 0. The zero-order valence-corrected chi connectivity index (χ0v) is 9.13. The summed E-state index contributed by atoms with van der Waals surface area (Å²) in [5.41, 5.74) is 0. The third kappa shape index (κ3) is 0.864. The van der Waals surface area contributed by atoms with Crippen LogP contribution in [0.3, 0.4) is 0 Å². The standard InChI is InChI=1S/C13H15NO2/c15-12-10-7-4-5-8(6-7)11(10)13(16)14(12)9-2-1-3-9/h4-5,7-11H,1-3,6H2. The molecule has 3 aliphatic carbocycles. The summed E-state index contributed by atoms with van der Waals surface area (Å²) in [6.45, 7) is 0. The van der Waals surface area contributed by atoms with Crippen LogP contribution in [0.4, 0.5) is 0 Å². The summed E-state index contributed by atoms with van der Waals surface area (Å²) in [6.07, 6.45) is 8.56. The molecule has 16 heavy (non-hydrogen) atoms. The maximum atomic E-state index is 12.3. The molecule has 0 radical (unpaired) electrons. The molecule has 0 aromatic carbocycles. The molecule has 4 unspecified atom stereocenters. The first-order valence-corrected chi connectivity index (χ1v) is 6.32. The quantitative estimate of drug-likeness (QED) is 0.491. The predicted molar refractivity (Wildman–Crippen MR) is 57.2 cm³/mol. The molecule has 3 fully saturated rings. The minimum atomic E-state index is 0.00287. The Labute approximate surface area is 94.5 Å². The van der Waals surface area contributed by atoms with Crippen LogP contribution in [0, 0.1) is 23.7 Å². The van der Waals surface area contributed by atoms with E-state index in [1.54, 1.807) is 4.90 Å². The van der Waals surface area contributed by atoms with Gasteiger partial charge < -0.3 is 0 Å². The summed E-state index contributed by atoms with van der Waals surface area (Å²) in [6, 6.07) is 0.241. The van der Waals surface area contributed by atoms with Gasteiger partial charge in [-0.15, -0.1) is 0 Å². The van der Waals surface area contributed by atoms with Crippen LogP contribution in [-0.2, 0) is 9.59 Å². The van der Waals surface area contributed by atoms with E-state index in [9.17, 15) is 9.59 Å². The maximum Gasteiger partial charge on any atom is 0.233 e. The van der Waals surface area contributed by atoms with E-state index < -0.39 is 0 Å². The van der Waals surface area contributed by atoms with Crippen LogP contribution >= 0.6 is 0 Å². The fraction of sp³-hybridized carbons (Fsp3) is 0.692. The Morgan fingerprint density at radius 1 is 1.00 bits per heavy atom. The van der Waals surface area contributed by atoms with Gasteiger partial charge in [-0.05, 0) is 37.5 Å². The third-order valence-electron chi connectivity index (χ3n) is 4.94. The number of fused-ring (bicyclic) bond motifs is 5. The van der Waals surface area contributed by atoms with Crippen LogP contribution in [0.5, 0.6) is 0 Å². The number of hydrogen-bond donors (Lipinski definition) is 0. The molecule has 0 aromatic heterocycles. The maximum absolute atomic E-state index is 12.3. The van der Waals surface area contributed by atoms with Crippen molar-refractivity contribution in [2.24, 2.45) is 23.7 Å². The van der Waals surface area contributed by atoms with Gasteiger partial charge in [-0.3, -0.25) is 14.5 Å². The third-order valence-corrected chi connectivity index (χ3v) is 4.94. The number of carbonyl (C=O) groups excluding carboxylic acids is 2. The second-order valence-corrected chi connectivity index (χ2v) is 5.63. The summed E-state index contributed by atoms with van der Waals surface area (Å²) in [5.74, 6) is 0.993. The molecular weight excluding hydrogens is 202 g/mol. The van der Waals surface area contributed by atoms with E-state index >= 15 is 0 Å². The summed E-state index contributed by atoms with van der Waals surface area (Å²) >= 11 is 0. The zero-order valence-electron chi connectivity index (χ0n) is 9.13. The minimum absolute atomic E-state index is 0.00287. The van der Waals surface area contributed by atoms with Crippen LogP contribution in [0.25, 0.3) is 0 Å². The lowest BCUT2D eigenvalue weighted by Gasteiger charge is -2.34.